The lowest BCUT2D eigenvalue weighted by Gasteiger charge is -2.37. The summed E-state index contributed by atoms with van der Waals surface area (Å²) in [7, 11) is 4.04. The van der Waals surface area contributed by atoms with Crippen molar-refractivity contribution in [3.63, 3.8) is 0 Å². The molecule has 0 aliphatic heterocycles. The van der Waals surface area contributed by atoms with E-state index in [9.17, 15) is 4.79 Å². The van der Waals surface area contributed by atoms with E-state index in [1.807, 2.05) is 32.3 Å². The van der Waals surface area contributed by atoms with Gasteiger partial charge in [0.1, 0.15) is 6.04 Å². The zero-order valence-electron chi connectivity index (χ0n) is 12.4. The number of hydrogen-bond donors (Lipinski definition) is 1. The molecule has 0 saturated carbocycles. The number of rotatable bonds is 6. The second kappa shape index (κ2) is 6.53. The quantitative estimate of drug-likeness (QED) is 0.475. The van der Waals surface area contributed by atoms with Crippen molar-refractivity contribution >= 4 is 5.91 Å². The Hall–Kier alpha value is -1.61. The number of carbonyl (C=O) groups is 1. The molecule has 1 unspecified atom stereocenters. The van der Waals surface area contributed by atoms with Gasteiger partial charge < -0.3 is 0 Å². The molecule has 0 radical (unpaired) electrons. The largest absolute Gasteiger partial charge is 0.291 e. The first-order valence-electron chi connectivity index (χ1n) is 6.75. The maximum atomic E-state index is 11.9. The van der Waals surface area contributed by atoms with Crippen molar-refractivity contribution in [2.45, 2.75) is 32.7 Å². The number of benzene rings is 1. The molecule has 0 saturated heterocycles. The maximum Gasteiger partial charge on any atom is 0.291 e. The van der Waals surface area contributed by atoms with Crippen LogP contribution in [0.4, 0.5) is 0 Å². The van der Waals surface area contributed by atoms with Crippen molar-refractivity contribution in [3.8, 4) is 0 Å². The molecule has 0 heterocycles. The minimum absolute atomic E-state index is 0.0953. The summed E-state index contributed by atoms with van der Waals surface area (Å²) in [6.45, 7) is 7.59. The summed E-state index contributed by atoms with van der Waals surface area (Å²) in [5.74, 6) is -0.0953. The molecule has 0 bridgehead atoms. The van der Waals surface area contributed by atoms with E-state index in [2.05, 4.69) is 31.1 Å². The topological polar surface area (TPSA) is 29.1 Å². The lowest BCUT2D eigenvalue weighted by Crippen LogP contribution is -2.56. The maximum absolute atomic E-state index is 11.9. The van der Waals surface area contributed by atoms with Gasteiger partial charge in [-0.1, -0.05) is 50.3 Å². The molecule has 1 N–H and O–H groups in total. The fraction of sp³-hybridized carbons (Fsp3) is 0.438. The van der Waals surface area contributed by atoms with Gasteiger partial charge in [-0.15, -0.1) is 0 Å². The molecule has 19 heavy (non-hydrogen) atoms. The van der Waals surface area contributed by atoms with Crippen LogP contribution in [-0.2, 0) is 4.79 Å². The summed E-state index contributed by atoms with van der Waals surface area (Å²) >= 11 is 0. The summed E-state index contributed by atoms with van der Waals surface area (Å²) in [6, 6.07) is 10.6. The third-order valence-corrected chi connectivity index (χ3v) is 3.30. The van der Waals surface area contributed by atoms with Crippen LogP contribution < -0.4 is 5.43 Å². The van der Waals surface area contributed by atoms with Crippen molar-refractivity contribution in [2.75, 3.05) is 14.1 Å². The minimum atomic E-state index is -0.0953. The number of quaternary nitrogens is 1. The highest BCUT2D eigenvalue weighted by Crippen LogP contribution is 2.27. The van der Waals surface area contributed by atoms with E-state index in [-0.39, 0.29) is 11.9 Å². The van der Waals surface area contributed by atoms with Gasteiger partial charge >= 0.3 is 0 Å². The SMILES string of the molecule is C=C(C)C(=O)N[N+](C)(C)C(CCC)c1ccccc1. The molecule has 3 heteroatoms. The number of nitrogens with one attached hydrogen (secondary N) is 1. The smallest absolute Gasteiger partial charge is 0.265 e. The molecular formula is C16H25N2O+. The Labute approximate surface area is 116 Å². The lowest BCUT2D eigenvalue weighted by atomic mass is 10.0. The van der Waals surface area contributed by atoms with E-state index < -0.39 is 0 Å². The highest BCUT2D eigenvalue weighted by atomic mass is 16.2. The zero-order valence-corrected chi connectivity index (χ0v) is 12.4. The molecular weight excluding hydrogens is 236 g/mol. The second-order valence-electron chi connectivity index (χ2n) is 5.48. The third kappa shape index (κ3) is 4.21. The molecule has 1 aromatic carbocycles. The number of amides is 1. The predicted octanol–water partition coefficient (Wildman–Crippen LogP) is 3.21. The Morgan fingerprint density at radius 3 is 2.37 bits per heavy atom. The Kier molecular flexibility index (Phi) is 5.31. The highest BCUT2D eigenvalue weighted by molar-refractivity contribution is 5.91. The van der Waals surface area contributed by atoms with Crippen LogP contribution in [0.15, 0.2) is 42.5 Å². The summed E-state index contributed by atoms with van der Waals surface area (Å²) in [5, 5.41) is 0. The van der Waals surface area contributed by atoms with Crippen LogP contribution in [0.5, 0.6) is 0 Å². The third-order valence-electron chi connectivity index (χ3n) is 3.30. The number of nitrogens with zero attached hydrogens (tertiary/aromatic N) is 1. The Morgan fingerprint density at radius 1 is 1.32 bits per heavy atom. The van der Waals surface area contributed by atoms with Gasteiger partial charge in [0, 0.05) is 17.6 Å². The van der Waals surface area contributed by atoms with Crippen LogP contribution in [0.25, 0.3) is 0 Å². The predicted molar refractivity (Wildman–Crippen MR) is 79.2 cm³/mol. The van der Waals surface area contributed by atoms with E-state index in [1.54, 1.807) is 6.92 Å². The molecule has 104 valence electrons. The normalized spacial score (nSPS) is 12.8. The Balaban J connectivity index is 2.97. The van der Waals surface area contributed by atoms with E-state index in [0.717, 1.165) is 12.8 Å². The van der Waals surface area contributed by atoms with Crippen molar-refractivity contribution in [1.82, 2.24) is 5.43 Å². The molecule has 1 amide bonds. The molecule has 0 fully saturated rings. The Morgan fingerprint density at radius 2 is 1.89 bits per heavy atom. The molecule has 1 aromatic rings. The highest BCUT2D eigenvalue weighted by Gasteiger charge is 2.31. The number of hydrogen-bond acceptors (Lipinski definition) is 1. The average molecular weight is 261 g/mol. The summed E-state index contributed by atoms with van der Waals surface area (Å²) in [4.78, 5) is 11.9. The van der Waals surface area contributed by atoms with Gasteiger partial charge in [0.2, 0.25) is 0 Å². The van der Waals surface area contributed by atoms with Crippen molar-refractivity contribution in [1.29, 1.82) is 0 Å². The van der Waals surface area contributed by atoms with Gasteiger partial charge in [-0.05, 0) is 6.92 Å². The van der Waals surface area contributed by atoms with Crippen molar-refractivity contribution < 1.29 is 9.39 Å². The molecule has 0 aliphatic carbocycles. The first-order chi connectivity index (χ1) is 8.88. The molecule has 1 rings (SSSR count). The summed E-state index contributed by atoms with van der Waals surface area (Å²) < 4.78 is 0.434. The standard InChI is InChI=1S/C16H24N2O/c1-6-10-15(14-11-8-7-9-12-14)18(4,5)17-16(19)13(2)3/h7-9,11-12,15H,2,6,10H2,1,3-5H3/p+1. The fourth-order valence-electron chi connectivity index (χ4n) is 2.25. The van der Waals surface area contributed by atoms with Crippen LogP contribution in [-0.4, -0.2) is 24.6 Å². The summed E-state index contributed by atoms with van der Waals surface area (Å²) in [5.41, 5.74) is 4.82. The van der Waals surface area contributed by atoms with Crippen molar-refractivity contribution in [2.24, 2.45) is 0 Å². The van der Waals surface area contributed by atoms with Gasteiger partial charge in [0.05, 0.1) is 14.1 Å². The van der Waals surface area contributed by atoms with Crippen LogP contribution in [0.1, 0.15) is 38.3 Å². The van der Waals surface area contributed by atoms with Crippen LogP contribution in [0.3, 0.4) is 0 Å². The van der Waals surface area contributed by atoms with Gasteiger partial charge in [-0.3, -0.25) is 4.79 Å². The molecule has 0 aromatic heterocycles. The van der Waals surface area contributed by atoms with Crippen molar-refractivity contribution in [3.05, 3.63) is 48.0 Å². The molecule has 1 atom stereocenters. The van der Waals surface area contributed by atoms with Crippen LogP contribution in [0.2, 0.25) is 0 Å². The van der Waals surface area contributed by atoms with Crippen LogP contribution in [0, 0.1) is 0 Å². The van der Waals surface area contributed by atoms with E-state index >= 15 is 0 Å². The van der Waals surface area contributed by atoms with E-state index in [0.29, 0.717) is 10.2 Å². The van der Waals surface area contributed by atoms with Gasteiger partial charge in [0.15, 0.2) is 0 Å². The van der Waals surface area contributed by atoms with Gasteiger partial charge in [-0.2, -0.15) is 5.43 Å². The zero-order chi connectivity index (χ0) is 14.5. The Bertz CT molecular complexity index is 437. The average Bonchev–Trinajstić information content (AvgIpc) is 2.36. The fourth-order valence-corrected chi connectivity index (χ4v) is 2.25. The van der Waals surface area contributed by atoms with Crippen LogP contribution >= 0.6 is 0 Å². The van der Waals surface area contributed by atoms with Gasteiger partial charge in [-0.25, -0.2) is 4.59 Å². The lowest BCUT2D eigenvalue weighted by molar-refractivity contribution is -0.954. The summed E-state index contributed by atoms with van der Waals surface area (Å²) in [6.07, 6.45) is 2.09. The second-order valence-corrected chi connectivity index (χ2v) is 5.48. The minimum Gasteiger partial charge on any atom is -0.265 e. The first kappa shape index (κ1) is 15.4. The van der Waals surface area contributed by atoms with E-state index in [4.69, 9.17) is 0 Å². The first-order valence-corrected chi connectivity index (χ1v) is 6.75. The van der Waals surface area contributed by atoms with E-state index in [1.165, 1.54) is 5.56 Å². The monoisotopic (exact) mass is 261 g/mol. The molecule has 0 aliphatic rings. The van der Waals surface area contributed by atoms with Gasteiger partial charge in [0.25, 0.3) is 5.91 Å². The molecule has 0 spiro atoms. The molecule has 3 nitrogen and oxygen atoms in total. The number of carbonyl (C=O) groups excluding carboxylic acids is 1.